The molecule has 0 saturated heterocycles. The van der Waals surface area contributed by atoms with Crippen LogP contribution in [-0.2, 0) is 4.43 Å². The molecule has 0 radical (unpaired) electrons. The molecule has 0 atom stereocenters. The lowest BCUT2D eigenvalue weighted by molar-refractivity contribution is 0.477. The maximum atomic E-state index is 5.53. The normalized spacial score (nSPS) is 12.4. The minimum absolute atomic E-state index is 1.15. The first-order valence-electron chi connectivity index (χ1n) is 3.95. The van der Waals surface area contributed by atoms with Crippen LogP contribution in [0.15, 0.2) is 12.3 Å². The molecule has 0 rings (SSSR count). The number of hydrogen-bond donors (Lipinski definition) is 0. The van der Waals surface area contributed by atoms with Gasteiger partial charge in [0.15, 0.2) is 0 Å². The third-order valence-corrected chi connectivity index (χ3v) is 2.63. The first kappa shape index (κ1) is 11.5. The Kier molecular flexibility index (Phi) is 6.32. The predicted molar refractivity (Wildman–Crippen MR) is 61.7 cm³/mol. The van der Waals surface area contributed by atoms with E-state index in [4.69, 9.17) is 4.43 Å². The molecule has 0 aromatic rings. The Morgan fingerprint density at radius 3 is 2.45 bits per heavy atom. The van der Waals surface area contributed by atoms with Crippen molar-refractivity contribution in [3.63, 3.8) is 0 Å². The first-order chi connectivity index (χ1) is 5.06. The molecule has 11 heavy (non-hydrogen) atoms. The lowest BCUT2D eigenvalue weighted by atomic mass is 10.3. The van der Waals surface area contributed by atoms with Crippen molar-refractivity contribution in [2.24, 2.45) is 0 Å². The SMILES string of the molecule is C[Si](C)(C)O/C=C/CCCI. The average Bonchev–Trinajstić information content (AvgIpc) is 1.85. The van der Waals surface area contributed by atoms with Crippen molar-refractivity contribution in [2.45, 2.75) is 32.5 Å². The van der Waals surface area contributed by atoms with E-state index in [9.17, 15) is 0 Å². The van der Waals surface area contributed by atoms with Crippen LogP contribution in [0.1, 0.15) is 12.8 Å². The topological polar surface area (TPSA) is 9.23 Å². The molecule has 1 nitrogen and oxygen atoms in total. The summed E-state index contributed by atoms with van der Waals surface area (Å²) < 4.78 is 6.76. The van der Waals surface area contributed by atoms with Gasteiger partial charge < -0.3 is 4.43 Å². The third kappa shape index (κ3) is 10.5. The maximum absolute atomic E-state index is 5.53. The van der Waals surface area contributed by atoms with Gasteiger partial charge in [-0.05, 0) is 36.9 Å². The van der Waals surface area contributed by atoms with Gasteiger partial charge in [-0.25, -0.2) is 0 Å². The van der Waals surface area contributed by atoms with E-state index in [1.807, 2.05) is 6.26 Å². The molecule has 0 aliphatic heterocycles. The lowest BCUT2D eigenvalue weighted by Gasteiger charge is -2.14. The number of unbranched alkanes of at least 4 members (excludes halogenated alkanes) is 1. The van der Waals surface area contributed by atoms with Gasteiger partial charge >= 0.3 is 0 Å². The van der Waals surface area contributed by atoms with Crippen LogP contribution >= 0.6 is 22.6 Å². The number of hydrogen-bond acceptors (Lipinski definition) is 1. The average molecular weight is 284 g/mol. The molecule has 0 spiro atoms. The van der Waals surface area contributed by atoms with Crippen molar-refractivity contribution < 1.29 is 4.43 Å². The Balaban J connectivity index is 3.30. The predicted octanol–water partition coefficient (Wildman–Crippen LogP) is 3.57. The van der Waals surface area contributed by atoms with Crippen LogP contribution in [0.5, 0.6) is 0 Å². The van der Waals surface area contributed by atoms with Crippen LogP contribution < -0.4 is 0 Å². The fraction of sp³-hybridized carbons (Fsp3) is 0.750. The quantitative estimate of drug-likeness (QED) is 0.246. The van der Waals surface area contributed by atoms with Gasteiger partial charge in [0.25, 0.3) is 0 Å². The highest BCUT2D eigenvalue weighted by Crippen LogP contribution is 2.03. The van der Waals surface area contributed by atoms with E-state index in [1.165, 1.54) is 10.8 Å². The van der Waals surface area contributed by atoms with Crippen molar-refractivity contribution in [1.29, 1.82) is 0 Å². The summed E-state index contributed by atoms with van der Waals surface area (Å²) in [6.45, 7) is 6.57. The molecule has 66 valence electrons. The fourth-order valence-electron chi connectivity index (χ4n) is 0.515. The van der Waals surface area contributed by atoms with Gasteiger partial charge in [-0.1, -0.05) is 28.7 Å². The van der Waals surface area contributed by atoms with Crippen molar-refractivity contribution in [2.75, 3.05) is 4.43 Å². The summed E-state index contributed by atoms with van der Waals surface area (Å²) in [5, 5.41) is 0. The zero-order valence-corrected chi connectivity index (χ0v) is 10.7. The molecule has 0 fully saturated rings. The highest BCUT2D eigenvalue weighted by molar-refractivity contribution is 14.1. The van der Waals surface area contributed by atoms with Crippen molar-refractivity contribution >= 4 is 30.9 Å². The molecular formula is C8H17IOSi. The van der Waals surface area contributed by atoms with Gasteiger partial charge in [0, 0.05) is 0 Å². The van der Waals surface area contributed by atoms with Crippen LogP contribution in [0.3, 0.4) is 0 Å². The van der Waals surface area contributed by atoms with Crippen LogP contribution in [0, 0.1) is 0 Å². The molecule has 0 amide bonds. The molecule has 0 unspecified atom stereocenters. The van der Waals surface area contributed by atoms with Crippen LogP contribution in [0.2, 0.25) is 19.6 Å². The summed E-state index contributed by atoms with van der Waals surface area (Å²) in [7, 11) is -1.31. The summed E-state index contributed by atoms with van der Waals surface area (Å²) >= 11 is 2.39. The van der Waals surface area contributed by atoms with Gasteiger partial charge in [0.2, 0.25) is 8.32 Å². The first-order valence-corrected chi connectivity index (χ1v) is 8.88. The summed E-state index contributed by atoms with van der Waals surface area (Å²) in [6, 6.07) is 0. The van der Waals surface area contributed by atoms with E-state index in [0.29, 0.717) is 0 Å². The zero-order valence-electron chi connectivity index (χ0n) is 7.56. The summed E-state index contributed by atoms with van der Waals surface area (Å²) in [4.78, 5) is 0. The second-order valence-corrected chi connectivity index (χ2v) is 8.97. The maximum Gasteiger partial charge on any atom is 0.241 e. The second kappa shape index (κ2) is 6.05. The molecule has 0 heterocycles. The van der Waals surface area contributed by atoms with Gasteiger partial charge in [-0.15, -0.1) is 0 Å². The molecule has 0 aliphatic rings. The van der Waals surface area contributed by atoms with Gasteiger partial charge in [0.05, 0.1) is 6.26 Å². The van der Waals surface area contributed by atoms with E-state index in [0.717, 1.165) is 6.42 Å². The van der Waals surface area contributed by atoms with E-state index in [-0.39, 0.29) is 0 Å². The van der Waals surface area contributed by atoms with E-state index in [2.05, 4.69) is 48.3 Å². The van der Waals surface area contributed by atoms with Gasteiger partial charge in [0.1, 0.15) is 0 Å². The van der Waals surface area contributed by atoms with E-state index >= 15 is 0 Å². The highest BCUT2D eigenvalue weighted by Gasteiger charge is 2.12. The minimum atomic E-state index is -1.31. The fourth-order valence-corrected chi connectivity index (χ4v) is 1.46. The van der Waals surface area contributed by atoms with Crippen molar-refractivity contribution in [3.05, 3.63) is 12.3 Å². The molecular weight excluding hydrogens is 267 g/mol. The van der Waals surface area contributed by atoms with Crippen molar-refractivity contribution in [1.82, 2.24) is 0 Å². The second-order valence-electron chi connectivity index (χ2n) is 3.43. The molecule has 3 heteroatoms. The molecule has 0 N–H and O–H groups in total. The Hall–Kier alpha value is 0.487. The summed E-state index contributed by atoms with van der Waals surface area (Å²) in [5.74, 6) is 0. The van der Waals surface area contributed by atoms with Gasteiger partial charge in [-0.2, -0.15) is 0 Å². The third-order valence-electron chi connectivity index (χ3n) is 1.02. The molecule has 0 bridgehead atoms. The Bertz CT molecular complexity index is 118. The van der Waals surface area contributed by atoms with E-state index in [1.54, 1.807) is 0 Å². The Morgan fingerprint density at radius 2 is 2.00 bits per heavy atom. The lowest BCUT2D eigenvalue weighted by Crippen LogP contribution is -2.21. The Morgan fingerprint density at radius 1 is 1.36 bits per heavy atom. The summed E-state index contributed by atoms with van der Waals surface area (Å²) in [6.07, 6.45) is 6.40. The standard InChI is InChI=1S/C8H17IOSi/c1-11(2,3)10-8-6-4-5-7-9/h6,8H,4-5,7H2,1-3H3/b8-6+. The number of allylic oxidation sites excluding steroid dienone is 1. The van der Waals surface area contributed by atoms with Crippen LogP contribution in [-0.4, -0.2) is 12.7 Å². The van der Waals surface area contributed by atoms with Crippen LogP contribution in [0.4, 0.5) is 0 Å². The number of halogens is 1. The highest BCUT2D eigenvalue weighted by atomic mass is 127. The number of alkyl halides is 1. The van der Waals surface area contributed by atoms with E-state index < -0.39 is 8.32 Å². The molecule has 0 aromatic carbocycles. The molecule has 0 aromatic heterocycles. The Labute approximate surface area is 84.5 Å². The number of rotatable bonds is 5. The monoisotopic (exact) mass is 284 g/mol. The largest absolute Gasteiger partial charge is 0.550 e. The minimum Gasteiger partial charge on any atom is -0.550 e. The summed E-state index contributed by atoms with van der Waals surface area (Å²) in [5.41, 5.74) is 0. The zero-order chi connectivity index (χ0) is 8.74. The van der Waals surface area contributed by atoms with Crippen molar-refractivity contribution in [3.8, 4) is 0 Å². The smallest absolute Gasteiger partial charge is 0.241 e. The van der Waals surface area contributed by atoms with Gasteiger partial charge in [-0.3, -0.25) is 0 Å². The molecule has 0 aliphatic carbocycles. The molecule has 0 saturated carbocycles. The van der Waals surface area contributed by atoms with Crippen LogP contribution in [0.25, 0.3) is 0 Å².